The van der Waals surface area contributed by atoms with E-state index in [1.54, 1.807) is 32.1 Å². The maximum Gasteiger partial charge on any atom is 0.250 e. The molecule has 0 spiro atoms. The molecule has 0 saturated heterocycles. The topological polar surface area (TPSA) is 78.5 Å². The van der Waals surface area contributed by atoms with Crippen LogP contribution in [-0.2, 0) is 14.8 Å². The summed E-state index contributed by atoms with van der Waals surface area (Å²) in [5.74, 6) is -0.346. The van der Waals surface area contributed by atoms with Gasteiger partial charge in [-0.05, 0) is 54.0 Å². The fraction of sp³-hybridized carbons (Fsp3) is 0.222. The zero-order valence-electron chi connectivity index (χ0n) is 15.0. The van der Waals surface area contributed by atoms with Gasteiger partial charge in [0.1, 0.15) is 0 Å². The number of hydrogen-bond acceptors (Lipinski definition) is 5. The fourth-order valence-electron chi connectivity index (χ4n) is 2.28. The minimum absolute atomic E-state index is 0.134. The Morgan fingerprint density at radius 2 is 1.85 bits per heavy atom. The number of nitrogens with zero attached hydrogens (tertiary/aromatic N) is 1. The van der Waals surface area contributed by atoms with Crippen LogP contribution < -0.4 is 10.6 Å². The van der Waals surface area contributed by atoms with Crippen LogP contribution >= 0.6 is 23.6 Å². The highest BCUT2D eigenvalue weighted by atomic mass is 32.2. The summed E-state index contributed by atoms with van der Waals surface area (Å²) < 4.78 is 26.3. The third-order valence-corrected chi connectivity index (χ3v) is 6.74. The average Bonchev–Trinajstić information content (AvgIpc) is 3.14. The fourth-order valence-corrected chi connectivity index (χ4v) is 4.58. The average molecular weight is 424 g/mol. The van der Waals surface area contributed by atoms with Gasteiger partial charge in [-0.3, -0.25) is 10.1 Å². The quantitative estimate of drug-likeness (QED) is 0.528. The second-order valence-corrected chi connectivity index (χ2v) is 8.73. The molecular weight excluding hydrogens is 402 g/mol. The number of sulfonamides is 1. The zero-order valence-corrected chi connectivity index (χ0v) is 17.5. The van der Waals surface area contributed by atoms with Crippen LogP contribution in [0, 0.1) is 0 Å². The number of carbonyl (C=O) groups is 1. The molecule has 9 heteroatoms. The molecule has 2 rings (SSSR count). The van der Waals surface area contributed by atoms with E-state index in [4.69, 9.17) is 12.2 Å². The van der Waals surface area contributed by atoms with Gasteiger partial charge in [0.25, 0.3) is 0 Å². The van der Waals surface area contributed by atoms with Crippen LogP contribution in [0.25, 0.3) is 6.08 Å². The number of thiophene rings is 1. The van der Waals surface area contributed by atoms with Crippen LogP contribution in [0.3, 0.4) is 0 Å². The smallest absolute Gasteiger partial charge is 0.250 e. The minimum atomic E-state index is -3.50. The summed E-state index contributed by atoms with van der Waals surface area (Å²) in [5, 5.41) is 7.47. The molecule has 2 N–H and O–H groups in total. The zero-order chi connectivity index (χ0) is 19.9. The highest BCUT2D eigenvalue weighted by molar-refractivity contribution is 7.89. The number of benzene rings is 1. The minimum Gasteiger partial charge on any atom is -0.332 e. The highest BCUT2D eigenvalue weighted by Gasteiger charge is 2.21. The first-order chi connectivity index (χ1) is 12.9. The SMILES string of the molecule is CCN(CC)S(=O)(=O)c1ccc(NC(=S)NC(=O)/C=C/c2cccs2)cc1. The van der Waals surface area contributed by atoms with Crippen molar-refractivity contribution in [2.45, 2.75) is 18.7 Å². The Kier molecular flexibility index (Phi) is 7.66. The van der Waals surface area contributed by atoms with Crippen molar-refractivity contribution in [3.63, 3.8) is 0 Å². The van der Waals surface area contributed by atoms with Crippen molar-refractivity contribution >= 4 is 56.4 Å². The summed E-state index contributed by atoms with van der Waals surface area (Å²) in [6, 6.07) is 10.0. The number of rotatable bonds is 7. The van der Waals surface area contributed by atoms with E-state index in [1.165, 1.54) is 33.9 Å². The molecule has 0 fully saturated rings. The lowest BCUT2D eigenvalue weighted by Gasteiger charge is -2.18. The van der Waals surface area contributed by atoms with Gasteiger partial charge in [-0.25, -0.2) is 8.42 Å². The number of hydrogen-bond donors (Lipinski definition) is 2. The van der Waals surface area contributed by atoms with Crippen molar-refractivity contribution in [3.05, 3.63) is 52.7 Å². The molecule has 1 heterocycles. The number of anilines is 1. The lowest BCUT2D eigenvalue weighted by atomic mass is 10.3. The standard InChI is InChI=1S/C18H21N3O3S3/c1-3-21(4-2)27(23,24)16-10-7-14(8-11-16)19-18(25)20-17(22)12-9-15-6-5-13-26-15/h5-13H,3-4H2,1-2H3,(H2,19,20,22,25)/b12-9+. The largest absolute Gasteiger partial charge is 0.332 e. The Labute approximate surface area is 168 Å². The van der Waals surface area contributed by atoms with Crippen molar-refractivity contribution in [1.82, 2.24) is 9.62 Å². The number of amides is 1. The van der Waals surface area contributed by atoms with Crippen molar-refractivity contribution in [2.24, 2.45) is 0 Å². The predicted octanol–water partition coefficient (Wildman–Crippen LogP) is 3.31. The molecular formula is C18H21N3O3S3. The molecule has 0 radical (unpaired) electrons. The normalized spacial score (nSPS) is 11.7. The highest BCUT2D eigenvalue weighted by Crippen LogP contribution is 2.18. The second-order valence-electron chi connectivity index (χ2n) is 5.41. The first-order valence-electron chi connectivity index (χ1n) is 8.30. The van der Waals surface area contributed by atoms with Gasteiger partial charge in [-0.15, -0.1) is 11.3 Å². The number of thiocarbonyl (C=S) groups is 1. The molecule has 0 aliphatic carbocycles. The predicted molar refractivity (Wildman–Crippen MR) is 114 cm³/mol. The summed E-state index contributed by atoms with van der Waals surface area (Å²) in [6.45, 7) is 4.41. The monoisotopic (exact) mass is 423 g/mol. The summed E-state index contributed by atoms with van der Waals surface area (Å²) in [7, 11) is -3.50. The van der Waals surface area contributed by atoms with Crippen molar-refractivity contribution < 1.29 is 13.2 Å². The Morgan fingerprint density at radius 1 is 1.19 bits per heavy atom. The van der Waals surface area contributed by atoms with Gasteiger partial charge in [0.05, 0.1) is 4.90 Å². The first-order valence-corrected chi connectivity index (χ1v) is 11.0. The number of carbonyl (C=O) groups excluding carboxylic acids is 1. The Bertz CT molecular complexity index is 901. The summed E-state index contributed by atoms with van der Waals surface area (Å²) >= 11 is 6.64. The molecule has 0 aliphatic rings. The van der Waals surface area contributed by atoms with Gasteiger partial charge in [-0.1, -0.05) is 19.9 Å². The molecule has 27 heavy (non-hydrogen) atoms. The van der Waals surface area contributed by atoms with E-state index >= 15 is 0 Å². The van der Waals surface area contributed by atoms with E-state index in [0.717, 1.165) is 4.88 Å². The molecule has 0 bridgehead atoms. The van der Waals surface area contributed by atoms with Crippen LogP contribution in [0.4, 0.5) is 5.69 Å². The van der Waals surface area contributed by atoms with E-state index < -0.39 is 10.0 Å². The maximum absolute atomic E-state index is 12.5. The van der Waals surface area contributed by atoms with Crippen LogP contribution in [0.2, 0.25) is 0 Å². The van der Waals surface area contributed by atoms with Crippen LogP contribution in [0.1, 0.15) is 18.7 Å². The van der Waals surface area contributed by atoms with E-state index in [9.17, 15) is 13.2 Å². The molecule has 0 unspecified atom stereocenters. The Balaban J connectivity index is 1.95. The molecule has 0 atom stereocenters. The van der Waals surface area contributed by atoms with Crippen LogP contribution in [-0.4, -0.2) is 36.8 Å². The van der Waals surface area contributed by atoms with Crippen LogP contribution in [0.5, 0.6) is 0 Å². The second kappa shape index (κ2) is 9.75. The van der Waals surface area contributed by atoms with Gasteiger partial charge in [0, 0.05) is 29.7 Å². The van der Waals surface area contributed by atoms with Gasteiger partial charge < -0.3 is 5.32 Å². The van der Waals surface area contributed by atoms with Gasteiger partial charge in [0.2, 0.25) is 15.9 Å². The van der Waals surface area contributed by atoms with Crippen molar-refractivity contribution in [1.29, 1.82) is 0 Å². The number of nitrogens with one attached hydrogen (secondary N) is 2. The van der Waals surface area contributed by atoms with Gasteiger partial charge in [-0.2, -0.15) is 4.31 Å². The maximum atomic E-state index is 12.5. The first kappa shape index (κ1) is 21.2. The molecule has 0 aliphatic heterocycles. The lowest BCUT2D eigenvalue weighted by Crippen LogP contribution is -2.33. The lowest BCUT2D eigenvalue weighted by molar-refractivity contribution is -0.115. The van der Waals surface area contributed by atoms with E-state index in [2.05, 4.69) is 10.6 Å². The molecule has 2 aromatic rings. The summed E-state index contributed by atoms with van der Waals surface area (Å²) in [4.78, 5) is 13.0. The Morgan fingerprint density at radius 3 is 2.41 bits per heavy atom. The van der Waals surface area contributed by atoms with Crippen LogP contribution in [0.15, 0.2) is 52.7 Å². The van der Waals surface area contributed by atoms with Crippen molar-refractivity contribution in [3.8, 4) is 0 Å². The van der Waals surface area contributed by atoms with E-state index in [1.807, 2.05) is 17.5 Å². The van der Waals surface area contributed by atoms with E-state index in [0.29, 0.717) is 18.8 Å². The molecule has 6 nitrogen and oxygen atoms in total. The van der Waals surface area contributed by atoms with Gasteiger partial charge in [0.15, 0.2) is 5.11 Å². The van der Waals surface area contributed by atoms with E-state index in [-0.39, 0.29) is 15.9 Å². The van der Waals surface area contributed by atoms with Gasteiger partial charge >= 0.3 is 0 Å². The molecule has 1 amide bonds. The molecule has 144 valence electrons. The third-order valence-electron chi connectivity index (χ3n) is 3.63. The third kappa shape index (κ3) is 5.96. The summed E-state index contributed by atoms with van der Waals surface area (Å²) in [6.07, 6.45) is 3.11. The summed E-state index contributed by atoms with van der Waals surface area (Å²) in [5.41, 5.74) is 0.584. The Hall–Kier alpha value is -2.07. The molecule has 1 aromatic carbocycles. The van der Waals surface area contributed by atoms with Crippen molar-refractivity contribution in [2.75, 3.05) is 18.4 Å². The molecule has 0 saturated carbocycles. The molecule has 1 aromatic heterocycles.